The third-order valence-corrected chi connectivity index (χ3v) is 7.29. The molecule has 0 saturated heterocycles. The van der Waals surface area contributed by atoms with Crippen LogP contribution >= 0.6 is 11.3 Å². The van der Waals surface area contributed by atoms with Gasteiger partial charge < -0.3 is 9.30 Å². The average molecular weight is 408 g/mol. The van der Waals surface area contributed by atoms with Crippen LogP contribution in [-0.2, 0) is 23.1 Å². The summed E-state index contributed by atoms with van der Waals surface area (Å²) in [4.78, 5) is 13.8. The van der Waals surface area contributed by atoms with Gasteiger partial charge >= 0.3 is 5.97 Å². The average Bonchev–Trinajstić information content (AvgIpc) is 3.35. The van der Waals surface area contributed by atoms with E-state index >= 15 is 0 Å². The van der Waals surface area contributed by atoms with Gasteiger partial charge in [-0.15, -0.1) is 21.5 Å². The Bertz CT molecular complexity index is 975. The van der Waals surface area contributed by atoms with E-state index in [1.54, 1.807) is 23.5 Å². The number of thiophene rings is 1. The predicted molar refractivity (Wildman–Crippen MR) is 112 cm³/mol. The standard InChI is InChI=1S/C23H25N3O2S/c27-21(17-9-4-3-5-10-17)28-18-15-23(16-18,19-11-8-14-29-19)22-25-24-20-12-6-1-2-7-13-26(20)22/h3-5,8-11,14,18H,1-2,6-7,12-13,15-16H2/t18-,23-. The quantitative estimate of drug-likeness (QED) is 0.585. The highest BCUT2D eigenvalue weighted by Crippen LogP contribution is 2.51. The van der Waals surface area contributed by atoms with Crippen molar-refractivity contribution < 1.29 is 9.53 Å². The molecule has 1 fully saturated rings. The van der Waals surface area contributed by atoms with Gasteiger partial charge in [-0.2, -0.15) is 0 Å². The maximum absolute atomic E-state index is 12.5. The highest BCUT2D eigenvalue weighted by molar-refractivity contribution is 7.10. The summed E-state index contributed by atoms with van der Waals surface area (Å²) < 4.78 is 8.18. The number of aryl methyl sites for hydroxylation is 1. The van der Waals surface area contributed by atoms with Crippen LogP contribution in [0.25, 0.3) is 0 Å². The first-order valence-electron chi connectivity index (χ1n) is 10.5. The van der Waals surface area contributed by atoms with Crippen LogP contribution in [0.4, 0.5) is 0 Å². The molecule has 2 aromatic heterocycles. The first-order valence-corrected chi connectivity index (χ1v) is 11.4. The third-order valence-electron chi connectivity index (χ3n) is 6.22. The number of nitrogens with zero attached hydrogens (tertiary/aromatic N) is 3. The molecule has 5 rings (SSSR count). The summed E-state index contributed by atoms with van der Waals surface area (Å²) in [5, 5.41) is 11.4. The van der Waals surface area contributed by atoms with Gasteiger partial charge in [0.25, 0.3) is 0 Å². The Morgan fingerprint density at radius 2 is 1.86 bits per heavy atom. The molecular formula is C23H25N3O2S. The molecule has 1 aromatic carbocycles. The van der Waals surface area contributed by atoms with Crippen LogP contribution in [0.5, 0.6) is 0 Å². The van der Waals surface area contributed by atoms with Gasteiger partial charge in [0, 0.05) is 30.7 Å². The summed E-state index contributed by atoms with van der Waals surface area (Å²) in [6, 6.07) is 13.5. The zero-order chi connectivity index (χ0) is 19.7. The zero-order valence-corrected chi connectivity index (χ0v) is 17.2. The zero-order valence-electron chi connectivity index (χ0n) is 16.4. The fraction of sp³-hybridized carbons (Fsp3) is 0.435. The fourth-order valence-corrected chi connectivity index (χ4v) is 5.60. The number of fused-ring (bicyclic) bond motifs is 1. The molecule has 0 bridgehead atoms. The number of carbonyl (C=O) groups excluding carboxylic acids is 1. The van der Waals surface area contributed by atoms with Crippen molar-refractivity contribution in [2.24, 2.45) is 0 Å². The smallest absolute Gasteiger partial charge is 0.338 e. The highest BCUT2D eigenvalue weighted by Gasteiger charge is 2.53. The minimum atomic E-state index is -0.244. The van der Waals surface area contributed by atoms with E-state index in [9.17, 15) is 4.79 Å². The van der Waals surface area contributed by atoms with Gasteiger partial charge in [-0.05, 0) is 36.4 Å². The Kier molecular flexibility index (Phi) is 4.96. The number of hydrogen-bond acceptors (Lipinski definition) is 5. The van der Waals surface area contributed by atoms with Crippen molar-refractivity contribution in [3.63, 3.8) is 0 Å². The normalized spacial score (nSPS) is 24.1. The number of carbonyl (C=O) groups is 1. The number of ether oxygens (including phenoxy) is 1. The van der Waals surface area contributed by atoms with Gasteiger partial charge in [-0.25, -0.2) is 4.79 Å². The minimum absolute atomic E-state index is 0.0914. The van der Waals surface area contributed by atoms with Crippen LogP contribution in [0.1, 0.15) is 65.4 Å². The van der Waals surface area contributed by atoms with Gasteiger partial charge in [0.2, 0.25) is 0 Å². The molecule has 150 valence electrons. The monoisotopic (exact) mass is 407 g/mol. The van der Waals surface area contributed by atoms with Crippen LogP contribution < -0.4 is 0 Å². The summed E-state index contributed by atoms with van der Waals surface area (Å²) in [7, 11) is 0. The van der Waals surface area contributed by atoms with Crippen molar-refractivity contribution in [2.45, 2.75) is 63.0 Å². The topological polar surface area (TPSA) is 57.0 Å². The number of esters is 1. The van der Waals surface area contributed by atoms with E-state index in [0.29, 0.717) is 5.56 Å². The molecule has 1 aliphatic carbocycles. The van der Waals surface area contributed by atoms with Crippen LogP contribution in [0.3, 0.4) is 0 Å². The Labute approximate surface area is 174 Å². The molecule has 0 radical (unpaired) electrons. The van der Waals surface area contributed by atoms with Crippen molar-refractivity contribution >= 4 is 17.3 Å². The Morgan fingerprint density at radius 3 is 2.66 bits per heavy atom. The minimum Gasteiger partial charge on any atom is -0.459 e. The molecule has 3 aromatic rings. The highest BCUT2D eigenvalue weighted by atomic mass is 32.1. The second-order valence-electron chi connectivity index (χ2n) is 8.12. The lowest BCUT2D eigenvalue weighted by atomic mass is 9.65. The molecule has 3 heterocycles. The van der Waals surface area contributed by atoms with Crippen molar-refractivity contribution in [3.05, 3.63) is 69.9 Å². The molecular weight excluding hydrogens is 382 g/mol. The summed E-state index contributed by atoms with van der Waals surface area (Å²) in [6.45, 7) is 0.985. The number of aromatic nitrogens is 3. The second-order valence-corrected chi connectivity index (χ2v) is 9.06. The first kappa shape index (κ1) is 18.6. The largest absolute Gasteiger partial charge is 0.459 e. The molecule has 2 aliphatic rings. The molecule has 29 heavy (non-hydrogen) atoms. The lowest BCUT2D eigenvalue weighted by Crippen LogP contribution is -2.49. The molecule has 0 spiro atoms. The number of benzene rings is 1. The summed E-state index contributed by atoms with van der Waals surface area (Å²) >= 11 is 1.76. The van der Waals surface area contributed by atoms with Gasteiger partial charge in [-0.1, -0.05) is 37.1 Å². The summed E-state index contributed by atoms with van der Waals surface area (Å²) in [5.74, 6) is 1.93. The van der Waals surface area contributed by atoms with E-state index in [-0.39, 0.29) is 17.5 Å². The SMILES string of the molecule is O=C(O[C@H]1C[C@](c2cccs2)(c2nnc3n2CCCCCC3)C1)c1ccccc1. The lowest BCUT2D eigenvalue weighted by Gasteiger charge is -2.45. The fourth-order valence-electron chi connectivity index (χ4n) is 4.66. The van der Waals surface area contributed by atoms with E-state index in [1.165, 1.54) is 30.6 Å². The van der Waals surface area contributed by atoms with E-state index in [0.717, 1.165) is 37.5 Å². The molecule has 1 aliphatic heterocycles. The third kappa shape index (κ3) is 3.39. The lowest BCUT2D eigenvalue weighted by molar-refractivity contribution is -0.0153. The van der Waals surface area contributed by atoms with Gasteiger partial charge in [0.15, 0.2) is 0 Å². The van der Waals surface area contributed by atoms with Gasteiger partial charge in [-0.3, -0.25) is 0 Å². The van der Waals surface area contributed by atoms with Crippen LogP contribution in [-0.4, -0.2) is 26.8 Å². The second kappa shape index (κ2) is 7.75. The van der Waals surface area contributed by atoms with Crippen molar-refractivity contribution in [3.8, 4) is 0 Å². The maximum Gasteiger partial charge on any atom is 0.338 e. The molecule has 5 nitrogen and oxygen atoms in total. The van der Waals surface area contributed by atoms with Crippen LogP contribution in [0.15, 0.2) is 47.8 Å². The number of rotatable bonds is 4. The molecule has 6 heteroatoms. The molecule has 0 N–H and O–H groups in total. The predicted octanol–water partition coefficient (Wildman–Crippen LogP) is 4.76. The summed E-state index contributed by atoms with van der Waals surface area (Å²) in [6.07, 6.45) is 7.34. The van der Waals surface area contributed by atoms with E-state index in [4.69, 9.17) is 4.74 Å². The Hall–Kier alpha value is -2.47. The van der Waals surface area contributed by atoms with Crippen molar-refractivity contribution in [1.29, 1.82) is 0 Å². The van der Waals surface area contributed by atoms with Gasteiger partial charge in [0.05, 0.1) is 11.0 Å². The maximum atomic E-state index is 12.5. The summed E-state index contributed by atoms with van der Waals surface area (Å²) in [5.41, 5.74) is 0.411. The Morgan fingerprint density at radius 1 is 1.03 bits per heavy atom. The molecule has 0 amide bonds. The molecule has 1 saturated carbocycles. The van der Waals surface area contributed by atoms with Crippen LogP contribution in [0.2, 0.25) is 0 Å². The van der Waals surface area contributed by atoms with Gasteiger partial charge in [0.1, 0.15) is 17.8 Å². The van der Waals surface area contributed by atoms with Crippen molar-refractivity contribution in [2.75, 3.05) is 0 Å². The number of hydrogen-bond donors (Lipinski definition) is 0. The molecule has 0 unspecified atom stereocenters. The Balaban J connectivity index is 1.41. The van der Waals surface area contributed by atoms with E-state index in [2.05, 4.69) is 32.3 Å². The van der Waals surface area contributed by atoms with E-state index < -0.39 is 0 Å². The first-order chi connectivity index (χ1) is 14.3. The van der Waals surface area contributed by atoms with Crippen molar-refractivity contribution in [1.82, 2.24) is 14.8 Å². The van der Waals surface area contributed by atoms with E-state index in [1.807, 2.05) is 18.2 Å². The molecule has 0 atom stereocenters. The van der Waals surface area contributed by atoms with Crippen LogP contribution in [0, 0.1) is 0 Å².